The van der Waals surface area contributed by atoms with Crippen LogP contribution in [0.5, 0.6) is 0 Å². The fourth-order valence-corrected chi connectivity index (χ4v) is 2.00. The maximum atomic E-state index is 8.73. The quantitative estimate of drug-likeness (QED) is 0.560. The Hall–Kier alpha value is -0.123. The molecule has 2 nitrogen and oxygen atoms in total. The number of rotatable bonds is 6. The topological polar surface area (TPSA) is 29.5 Å². The molecule has 0 bridgehead atoms. The van der Waals surface area contributed by atoms with Gasteiger partial charge in [-0.2, -0.15) is 0 Å². The highest BCUT2D eigenvalue weighted by Gasteiger charge is 2.36. The van der Waals surface area contributed by atoms with Gasteiger partial charge in [0.05, 0.1) is 0 Å². The summed E-state index contributed by atoms with van der Waals surface area (Å²) in [4.78, 5) is 0. The van der Waals surface area contributed by atoms with E-state index in [-0.39, 0.29) is 11.6 Å². The van der Waals surface area contributed by atoms with Gasteiger partial charge in [-0.05, 0) is 31.0 Å². The van der Waals surface area contributed by atoms with Gasteiger partial charge in [-0.3, -0.25) is 0 Å². The molecule has 0 aromatic carbocycles. The molecule has 0 saturated carbocycles. The number of aliphatic hydroxyl groups excluding tert-OH is 1. The van der Waals surface area contributed by atoms with Crippen LogP contribution in [0.2, 0.25) is 18.1 Å². The Balaban J connectivity index is 3.91. The van der Waals surface area contributed by atoms with Crippen molar-refractivity contribution in [1.29, 1.82) is 0 Å². The van der Waals surface area contributed by atoms with Gasteiger partial charge >= 0.3 is 0 Å². The van der Waals surface area contributed by atoms with Crippen molar-refractivity contribution in [3.63, 3.8) is 0 Å². The number of aliphatic hydroxyl groups is 1. The van der Waals surface area contributed by atoms with E-state index in [0.717, 1.165) is 18.6 Å². The molecule has 0 rings (SSSR count). The molecule has 0 spiro atoms. The summed E-state index contributed by atoms with van der Waals surface area (Å²) in [5.74, 6) is 0. The SMILES string of the molecule is C=C(CCO)CCO[Si](C)(C)C(C)(C)C. The van der Waals surface area contributed by atoms with Crippen LogP contribution in [0.1, 0.15) is 33.6 Å². The van der Waals surface area contributed by atoms with Crippen molar-refractivity contribution in [3.8, 4) is 0 Å². The highest BCUT2D eigenvalue weighted by atomic mass is 28.4. The Morgan fingerprint density at radius 3 is 2.20 bits per heavy atom. The van der Waals surface area contributed by atoms with Crippen LogP contribution in [0.3, 0.4) is 0 Å². The van der Waals surface area contributed by atoms with Crippen LogP contribution in [0.15, 0.2) is 12.2 Å². The lowest BCUT2D eigenvalue weighted by molar-refractivity contribution is 0.278. The van der Waals surface area contributed by atoms with E-state index in [1.807, 2.05) is 0 Å². The standard InChI is InChI=1S/C12H26O2Si/c1-11(7-9-13)8-10-14-15(5,6)12(2,3)4/h13H,1,7-10H2,2-6H3. The van der Waals surface area contributed by atoms with Gasteiger partial charge in [-0.25, -0.2) is 0 Å². The van der Waals surface area contributed by atoms with Crippen molar-refractivity contribution in [3.05, 3.63) is 12.2 Å². The zero-order chi connectivity index (χ0) is 12.1. The molecule has 15 heavy (non-hydrogen) atoms. The summed E-state index contributed by atoms with van der Waals surface area (Å²) in [7, 11) is -1.60. The lowest BCUT2D eigenvalue weighted by Crippen LogP contribution is -2.41. The van der Waals surface area contributed by atoms with Crippen LogP contribution in [-0.4, -0.2) is 26.6 Å². The highest BCUT2D eigenvalue weighted by Crippen LogP contribution is 2.36. The van der Waals surface area contributed by atoms with E-state index in [4.69, 9.17) is 9.53 Å². The van der Waals surface area contributed by atoms with Gasteiger partial charge in [0, 0.05) is 13.2 Å². The minimum atomic E-state index is -1.60. The largest absolute Gasteiger partial charge is 0.417 e. The van der Waals surface area contributed by atoms with Crippen LogP contribution in [0.4, 0.5) is 0 Å². The minimum absolute atomic E-state index is 0.193. The van der Waals surface area contributed by atoms with Crippen molar-refractivity contribution >= 4 is 8.32 Å². The molecular formula is C12H26O2Si. The summed E-state index contributed by atoms with van der Waals surface area (Å²) in [6.45, 7) is 16.1. The van der Waals surface area contributed by atoms with Crippen LogP contribution in [-0.2, 0) is 4.43 Å². The van der Waals surface area contributed by atoms with Crippen LogP contribution in [0.25, 0.3) is 0 Å². The molecule has 0 aromatic rings. The molecule has 0 aliphatic rings. The Morgan fingerprint density at radius 2 is 1.80 bits per heavy atom. The predicted molar refractivity (Wildman–Crippen MR) is 68.6 cm³/mol. The first kappa shape index (κ1) is 14.9. The molecule has 0 atom stereocenters. The first-order valence-corrected chi connectivity index (χ1v) is 8.53. The zero-order valence-corrected chi connectivity index (χ0v) is 11.9. The minimum Gasteiger partial charge on any atom is -0.417 e. The van der Waals surface area contributed by atoms with Gasteiger partial charge < -0.3 is 9.53 Å². The molecule has 0 aromatic heterocycles. The molecule has 0 amide bonds. The van der Waals surface area contributed by atoms with Gasteiger partial charge in [0.2, 0.25) is 0 Å². The summed E-state index contributed by atoms with van der Waals surface area (Å²) >= 11 is 0. The molecule has 0 unspecified atom stereocenters. The molecule has 0 aliphatic carbocycles. The maximum Gasteiger partial charge on any atom is 0.191 e. The second-order valence-electron chi connectivity index (χ2n) is 5.58. The van der Waals surface area contributed by atoms with Crippen LogP contribution < -0.4 is 0 Å². The van der Waals surface area contributed by atoms with E-state index < -0.39 is 8.32 Å². The monoisotopic (exact) mass is 230 g/mol. The van der Waals surface area contributed by atoms with Crippen molar-refractivity contribution in [2.45, 2.75) is 51.7 Å². The Labute approximate surface area is 95.5 Å². The molecule has 0 aliphatic heterocycles. The van der Waals surface area contributed by atoms with E-state index in [1.165, 1.54) is 0 Å². The third kappa shape index (κ3) is 5.49. The van der Waals surface area contributed by atoms with Crippen molar-refractivity contribution in [1.82, 2.24) is 0 Å². The fraction of sp³-hybridized carbons (Fsp3) is 0.833. The second kappa shape index (κ2) is 5.82. The predicted octanol–water partition coefficient (Wildman–Crippen LogP) is 3.34. The number of hydrogen-bond donors (Lipinski definition) is 1. The van der Waals surface area contributed by atoms with E-state index in [1.54, 1.807) is 0 Å². The molecule has 3 heteroatoms. The second-order valence-corrected chi connectivity index (χ2v) is 10.4. The molecule has 0 fully saturated rings. The third-order valence-corrected chi connectivity index (χ3v) is 7.73. The zero-order valence-electron chi connectivity index (χ0n) is 10.9. The van der Waals surface area contributed by atoms with E-state index >= 15 is 0 Å². The third-order valence-electron chi connectivity index (χ3n) is 3.19. The maximum absolute atomic E-state index is 8.73. The molecule has 1 N–H and O–H groups in total. The average Bonchev–Trinajstić information content (AvgIpc) is 2.01. The van der Waals surface area contributed by atoms with E-state index in [9.17, 15) is 0 Å². The summed E-state index contributed by atoms with van der Waals surface area (Å²) in [5, 5.41) is 9.00. The first-order chi connectivity index (χ1) is 6.70. The fourth-order valence-electron chi connectivity index (χ4n) is 0.950. The molecule has 0 heterocycles. The Bertz CT molecular complexity index is 204. The molecule has 90 valence electrons. The van der Waals surface area contributed by atoms with Gasteiger partial charge in [-0.1, -0.05) is 32.9 Å². The lowest BCUT2D eigenvalue weighted by atomic mass is 10.2. The Morgan fingerprint density at radius 1 is 1.27 bits per heavy atom. The lowest BCUT2D eigenvalue weighted by Gasteiger charge is -2.36. The summed E-state index contributed by atoms with van der Waals surface area (Å²) in [6.07, 6.45) is 1.56. The van der Waals surface area contributed by atoms with E-state index in [2.05, 4.69) is 40.4 Å². The van der Waals surface area contributed by atoms with Gasteiger partial charge in [0.15, 0.2) is 8.32 Å². The molecule has 0 radical (unpaired) electrons. The molecular weight excluding hydrogens is 204 g/mol. The summed E-state index contributed by atoms with van der Waals surface area (Å²) in [6, 6.07) is 0. The molecule has 0 saturated heterocycles. The van der Waals surface area contributed by atoms with Crippen LogP contribution in [0, 0.1) is 0 Å². The van der Waals surface area contributed by atoms with Crippen LogP contribution >= 0.6 is 0 Å². The summed E-state index contributed by atoms with van der Waals surface area (Å²) < 4.78 is 6.01. The van der Waals surface area contributed by atoms with E-state index in [0.29, 0.717) is 6.42 Å². The highest BCUT2D eigenvalue weighted by molar-refractivity contribution is 6.74. The van der Waals surface area contributed by atoms with Crippen molar-refractivity contribution < 1.29 is 9.53 Å². The average molecular weight is 230 g/mol. The van der Waals surface area contributed by atoms with Crippen molar-refractivity contribution in [2.75, 3.05) is 13.2 Å². The first-order valence-electron chi connectivity index (χ1n) is 5.62. The smallest absolute Gasteiger partial charge is 0.191 e. The summed E-state index contributed by atoms with van der Waals surface area (Å²) in [5.41, 5.74) is 1.08. The van der Waals surface area contributed by atoms with Gasteiger partial charge in [-0.15, -0.1) is 0 Å². The van der Waals surface area contributed by atoms with Gasteiger partial charge in [0.1, 0.15) is 0 Å². The normalized spacial score (nSPS) is 12.9. The van der Waals surface area contributed by atoms with Crippen molar-refractivity contribution in [2.24, 2.45) is 0 Å². The van der Waals surface area contributed by atoms with Gasteiger partial charge in [0.25, 0.3) is 0 Å². The Kier molecular flexibility index (Phi) is 5.78. The number of hydrogen-bond acceptors (Lipinski definition) is 2.